The van der Waals surface area contributed by atoms with Crippen LogP contribution < -0.4 is 37.1 Å². The molecule has 4 aromatic carbocycles. The number of nitrogens with one attached hydrogen (secondary N) is 5. The molecule has 3 heterocycles. The van der Waals surface area contributed by atoms with Gasteiger partial charge in [-0.15, -0.1) is 0 Å². The molecule has 10 N–H and O–H groups in total. The second kappa shape index (κ2) is 26.5. The second-order valence-electron chi connectivity index (χ2n) is 19.7. The van der Waals surface area contributed by atoms with E-state index in [-0.39, 0.29) is 50.9 Å². The van der Waals surface area contributed by atoms with E-state index >= 15 is 0 Å². The van der Waals surface area contributed by atoms with Gasteiger partial charge in [-0.2, -0.15) is 0 Å². The molecule has 10 atom stereocenters. The molecule has 3 fully saturated rings. The third kappa shape index (κ3) is 14.6. The van der Waals surface area contributed by atoms with Crippen LogP contribution in [0.2, 0.25) is 0 Å². The molecule has 0 bridgehead atoms. The molecular formula is C56H70N8O12. The monoisotopic (exact) mass is 1050 g/mol. The first-order chi connectivity index (χ1) is 36.5. The van der Waals surface area contributed by atoms with E-state index in [0.29, 0.717) is 12.2 Å². The Bertz CT molecular complexity index is 2640. The summed E-state index contributed by atoms with van der Waals surface area (Å²) in [5.74, 6) is -5.08. The van der Waals surface area contributed by atoms with E-state index in [0.717, 1.165) is 52.2 Å². The Morgan fingerprint density at radius 3 is 1.84 bits per heavy atom. The number of carbonyl (C=O) groups excluding carboxylic acids is 7. The lowest BCUT2D eigenvalue weighted by Crippen LogP contribution is -2.62. The number of hydrogen-bond acceptors (Lipinski definition) is 13. The van der Waals surface area contributed by atoms with Crippen molar-refractivity contribution in [2.45, 2.75) is 133 Å². The smallest absolute Gasteiger partial charge is 0.270 e. The minimum atomic E-state index is -1.83. The van der Waals surface area contributed by atoms with Crippen molar-refractivity contribution in [2.24, 2.45) is 5.73 Å². The SMILES string of the molecule is CCCCCOc1ccc(-c2ccc(-c3ccc(C(=O)N[C@H]4CCCNC(=O)C5C[C@H](N)CN5C(=O)C(C(C)O)NC(=O)C(OCc5ccccc5)NC(=O)C5CC(O)CN5C(=O)C(C(C)O)NC4=O)cc3)cc2)cc1. The van der Waals surface area contributed by atoms with Gasteiger partial charge in [-0.3, -0.25) is 33.6 Å². The highest BCUT2D eigenvalue weighted by atomic mass is 16.5. The predicted molar refractivity (Wildman–Crippen MR) is 280 cm³/mol. The van der Waals surface area contributed by atoms with E-state index < -0.39 is 109 Å². The van der Waals surface area contributed by atoms with Gasteiger partial charge in [0.15, 0.2) is 0 Å². The Balaban J connectivity index is 1.11. The molecule has 0 saturated carbocycles. The summed E-state index contributed by atoms with van der Waals surface area (Å²) in [4.78, 5) is 101. The molecular weight excluding hydrogens is 977 g/mol. The van der Waals surface area contributed by atoms with Crippen molar-refractivity contribution >= 4 is 41.4 Å². The fourth-order valence-corrected chi connectivity index (χ4v) is 9.55. The molecule has 20 heteroatoms. The van der Waals surface area contributed by atoms with E-state index in [9.17, 15) is 48.9 Å². The number of aliphatic hydroxyl groups excluding tert-OH is 3. The summed E-state index contributed by atoms with van der Waals surface area (Å²) >= 11 is 0. The Morgan fingerprint density at radius 2 is 1.25 bits per heavy atom. The van der Waals surface area contributed by atoms with Crippen LogP contribution in [0.4, 0.5) is 0 Å². The number of unbranched alkanes of at least 4 members (excludes halogenated alkanes) is 2. The van der Waals surface area contributed by atoms with E-state index in [2.05, 4.69) is 33.5 Å². The lowest BCUT2D eigenvalue weighted by molar-refractivity contribution is -0.150. The predicted octanol–water partition coefficient (Wildman–Crippen LogP) is 1.88. The molecule has 0 aromatic heterocycles. The maximum atomic E-state index is 14.4. The van der Waals surface area contributed by atoms with Crippen molar-refractivity contribution in [3.8, 4) is 28.0 Å². The average Bonchev–Trinajstić information content (AvgIpc) is 4.02. The standard InChI is InChI=1S/C56H70N8O12/c1-4-5-9-27-75-43-24-22-39(23-25-43)37-16-14-36(15-17-37)38-18-20-40(21-19-38)49(68)59-44-13-10-26-58-51(70)45-28-41(57)30-63(45)55(73)48(34(3)66)61-53(72)54(76-32-35-11-7-6-8-12-35)62-52(71)46-29-42(67)31-64(46)56(74)47(33(2)65)60-50(44)69/h6-8,11-12,14-25,33-34,41-42,44-48,54,65-67H,4-5,9-10,13,26-32,57H2,1-3H3,(H,58,70)(H,59,68)(H,60,69)(H,61,72)(H,62,71)/t33?,34?,41-,42?,44-,45?,46?,47?,48?,54?/m0/s1. The summed E-state index contributed by atoms with van der Waals surface area (Å²) < 4.78 is 11.8. The molecule has 7 amide bonds. The van der Waals surface area contributed by atoms with Gasteiger partial charge < -0.3 is 66.9 Å². The molecule has 3 saturated heterocycles. The Hall–Kier alpha value is -7.23. The van der Waals surface area contributed by atoms with Gasteiger partial charge in [0.25, 0.3) is 11.8 Å². The van der Waals surface area contributed by atoms with E-state index in [4.69, 9.17) is 15.2 Å². The zero-order valence-electron chi connectivity index (χ0n) is 43.1. The summed E-state index contributed by atoms with van der Waals surface area (Å²) in [6.07, 6.45) is -3.13. The third-order valence-corrected chi connectivity index (χ3v) is 13.8. The average molecular weight is 1050 g/mol. The summed E-state index contributed by atoms with van der Waals surface area (Å²) in [5.41, 5.74) is 10.8. The van der Waals surface area contributed by atoms with Crippen molar-refractivity contribution in [3.05, 3.63) is 114 Å². The Kier molecular flexibility index (Phi) is 19.7. The number of ether oxygens (including phenoxy) is 2. The molecule has 0 radical (unpaired) electrons. The number of carbonyl (C=O) groups is 7. The molecule has 0 spiro atoms. The Labute approximate surface area is 442 Å². The lowest BCUT2D eigenvalue weighted by atomic mass is 9.99. The van der Waals surface area contributed by atoms with Crippen LogP contribution in [0.3, 0.4) is 0 Å². The van der Waals surface area contributed by atoms with Crippen molar-refractivity contribution in [1.29, 1.82) is 0 Å². The highest BCUT2D eigenvalue weighted by molar-refractivity contribution is 6.00. The van der Waals surface area contributed by atoms with Crippen molar-refractivity contribution in [2.75, 3.05) is 26.2 Å². The number of hydrogen-bond donors (Lipinski definition) is 9. The minimum Gasteiger partial charge on any atom is -0.494 e. The number of aliphatic hydroxyl groups is 3. The molecule has 406 valence electrons. The molecule has 20 nitrogen and oxygen atoms in total. The molecule has 3 aliphatic heterocycles. The summed E-state index contributed by atoms with van der Waals surface area (Å²) in [7, 11) is 0. The van der Waals surface area contributed by atoms with Gasteiger partial charge >= 0.3 is 0 Å². The summed E-state index contributed by atoms with van der Waals surface area (Å²) in [6.45, 7) is 4.60. The van der Waals surface area contributed by atoms with Crippen LogP contribution in [-0.2, 0) is 40.1 Å². The lowest BCUT2D eigenvalue weighted by Gasteiger charge is -2.32. The minimum absolute atomic E-state index is 0.0462. The first kappa shape index (κ1) is 56.5. The zero-order chi connectivity index (χ0) is 54.5. The quantitative estimate of drug-likeness (QED) is 0.0817. The van der Waals surface area contributed by atoms with Crippen LogP contribution in [0, 0.1) is 0 Å². The maximum Gasteiger partial charge on any atom is 0.270 e. The maximum absolute atomic E-state index is 14.4. The number of fused-ring (bicyclic) bond motifs is 2. The topological polar surface area (TPSA) is 291 Å². The van der Waals surface area contributed by atoms with Gasteiger partial charge in [-0.1, -0.05) is 98.6 Å². The molecule has 8 unspecified atom stereocenters. The van der Waals surface area contributed by atoms with E-state index in [1.807, 2.05) is 48.5 Å². The highest BCUT2D eigenvalue weighted by Crippen LogP contribution is 2.28. The zero-order valence-corrected chi connectivity index (χ0v) is 43.1. The number of amides is 7. The van der Waals surface area contributed by atoms with Gasteiger partial charge in [0.05, 0.1) is 31.5 Å². The van der Waals surface area contributed by atoms with Crippen molar-refractivity contribution < 1.29 is 58.4 Å². The summed E-state index contributed by atoms with van der Waals surface area (Å²) in [5, 5.41) is 45.8. The first-order valence-electron chi connectivity index (χ1n) is 26.0. The normalized spacial score (nSPS) is 24.9. The van der Waals surface area contributed by atoms with Gasteiger partial charge in [-0.05, 0) is 91.6 Å². The number of rotatable bonds is 14. The molecule has 4 aromatic rings. The van der Waals surface area contributed by atoms with Gasteiger partial charge in [0.1, 0.15) is 36.0 Å². The molecule has 7 rings (SSSR count). The third-order valence-electron chi connectivity index (χ3n) is 13.8. The number of nitrogens with two attached hydrogens (primary N) is 1. The van der Waals surface area contributed by atoms with Crippen LogP contribution in [-0.4, -0.2) is 154 Å². The van der Waals surface area contributed by atoms with Crippen LogP contribution in [0.1, 0.15) is 81.6 Å². The van der Waals surface area contributed by atoms with Crippen LogP contribution in [0.5, 0.6) is 5.75 Å². The van der Waals surface area contributed by atoms with E-state index in [1.54, 1.807) is 54.6 Å². The molecule has 3 aliphatic rings. The van der Waals surface area contributed by atoms with E-state index in [1.165, 1.54) is 18.7 Å². The van der Waals surface area contributed by atoms with Gasteiger partial charge in [0.2, 0.25) is 35.8 Å². The Morgan fingerprint density at radius 1 is 0.697 bits per heavy atom. The van der Waals surface area contributed by atoms with Crippen molar-refractivity contribution in [3.63, 3.8) is 0 Å². The van der Waals surface area contributed by atoms with Gasteiger partial charge in [0, 0.05) is 37.7 Å². The van der Waals surface area contributed by atoms with Crippen LogP contribution in [0.25, 0.3) is 22.3 Å². The fourth-order valence-electron chi connectivity index (χ4n) is 9.55. The molecule has 0 aliphatic carbocycles. The molecule has 76 heavy (non-hydrogen) atoms. The highest BCUT2D eigenvalue weighted by Gasteiger charge is 2.46. The number of nitrogens with zero attached hydrogens (tertiary/aromatic N) is 2. The fraction of sp³-hybridized carbons (Fsp3) is 0.446. The van der Waals surface area contributed by atoms with Crippen LogP contribution in [0.15, 0.2) is 103 Å². The summed E-state index contributed by atoms with van der Waals surface area (Å²) in [6, 6.07) is 23.4. The largest absolute Gasteiger partial charge is 0.494 e. The first-order valence-corrected chi connectivity index (χ1v) is 26.0. The van der Waals surface area contributed by atoms with Gasteiger partial charge in [-0.25, -0.2) is 0 Å². The number of benzene rings is 4. The second-order valence-corrected chi connectivity index (χ2v) is 19.7. The van der Waals surface area contributed by atoms with Crippen LogP contribution >= 0.6 is 0 Å². The van der Waals surface area contributed by atoms with Crippen molar-refractivity contribution in [1.82, 2.24) is 36.4 Å².